The van der Waals surface area contributed by atoms with Crippen LogP contribution in [0.15, 0.2) is 42.5 Å². The molecule has 0 radical (unpaired) electrons. The van der Waals surface area contributed by atoms with Crippen molar-refractivity contribution in [1.82, 2.24) is 4.90 Å². The molecule has 1 nitrogen and oxygen atoms in total. The minimum Gasteiger partial charge on any atom is -0.298 e. The Kier molecular flexibility index (Phi) is 3.79. The summed E-state index contributed by atoms with van der Waals surface area (Å²) in [5.41, 5.74) is 2.92. The number of hydrogen-bond acceptors (Lipinski definition) is 1. The predicted octanol–water partition coefficient (Wildman–Crippen LogP) is 3.57. The van der Waals surface area contributed by atoms with E-state index >= 15 is 0 Å². The molecule has 20 heavy (non-hydrogen) atoms. The number of nitrogens with zero attached hydrogens (tertiary/aromatic N) is 1. The molecule has 3 rings (SSSR count). The first kappa shape index (κ1) is 13.3. The van der Waals surface area contributed by atoms with Crippen molar-refractivity contribution in [1.29, 1.82) is 0 Å². The second-order valence-corrected chi connectivity index (χ2v) is 5.25. The molecule has 1 aliphatic heterocycles. The Balaban J connectivity index is 1.66. The van der Waals surface area contributed by atoms with Gasteiger partial charge >= 0.3 is 0 Å². The van der Waals surface area contributed by atoms with Crippen LogP contribution in [-0.2, 0) is 19.4 Å². The fourth-order valence-electron chi connectivity index (χ4n) is 2.79. The van der Waals surface area contributed by atoms with E-state index in [1.165, 1.54) is 29.3 Å². The second kappa shape index (κ2) is 5.71. The molecular weight excluding hydrogens is 256 g/mol. The molecular formula is C17H17F2N. The van der Waals surface area contributed by atoms with Crippen molar-refractivity contribution in [3.63, 3.8) is 0 Å². The summed E-state index contributed by atoms with van der Waals surface area (Å²) in [6.07, 6.45) is 1.43. The van der Waals surface area contributed by atoms with Gasteiger partial charge in [0.1, 0.15) is 11.6 Å². The molecule has 0 spiro atoms. The number of rotatable bonds is 3. The lowest BCUT2D eigenvalue weighted by atomic mass is 9.99. The molecule has 2 aromatic rings. The van der Waals surface area contributed by atoms with E-state index in [4.69, 9.17) is 0 Å². The Labute approximate surface area is 117 Å². The molecule has 0 atom stereocenters. The number of fused-ring (bicyclic) bond motifs is 1. The summed E-state index contributed by atoms with van der Waals surface area (Å²) in [4.78, 5) is 2.26. The highest BCUT2D eigenvalue weighted by Gasteiger charge is 2.16. The molecule has 0 aliphatic carbocycles. The van der Waals surface area contributed by atoms with Gasteiger partial charge in [0.25, 0.3) is 0 Å². The molecule has 0 unspecified atom stereocenters. The molecule has 1 aliphatic rings. The third-order valence-electron chi connectivity index (χ3n) is 3.95. The lowest BCUT2D eigenvalue weighted by Crippen LogP contribution is -2.32. The molecule has 0 N–H and O–H groups in total. The molecule has 0 bridgehead atoms. The van der Waals surface area contributed by atoms with Gasteiger partial charge in [-0.25, -0.2) is 8.78 Å². The first-order chi connectivity index (χ1) is 9.74. The summed E-state index contributed by atoms with van der Waals surface area (Å²) in [7, 11) is 0. The van der Waals surface area contributed by atoms with Crippen LogP contribution in [0.4, 0.5) is 8.78 Å². The second-order valence-electron chi connectivity index (χ2n) is 5.25. The average molecular weight is 273 g/mol. The minimum absolute atomic E-state index is 0.200. The number of hydrogen-bond donors (Lipinski definition) is 0. The lowest BCUT2D eigenvalue weighted by Gasteiger charge is -2.28. The van der Waals surface area contributed by atoms with Gasteiger partial charge in [-0.2, -0.15) is 0 Å². The molecule has 0 saturated carbocycles. The summed E-state index contributed by atoms with van der Waals surface area (Å²) in [5, 5.41) is 0. The van der Waals surface area contributed by atoms with Crippen LogP contribution in [0.2, 0.25) is 0 Å². The van der Waals surface area contributed by atoms with E-state index < -0.39 is 11.6 Å². The van der Waals surface area contributed by atoms with Crippen LogP contribution in [0, 0.1) is 11.6 Å². The van der Waals surface area contributed by atoms with Gasteiger partial charge in [-0.3, -0.25) is 4.90 Å². The van der Waals surface area contributed by atoms with Crippen molar-refractivity contribution in [3.8, 4) is 0 Å². The zero-order chi connectivity index (χ0) is 13.9. The highest BCUT2D eigenvalue weighted by Crippen LogP contribution is 2.19. The summed E-state index contributed by atoms with van der Waals surface area (Å²) in [5.74, 6) is -0.884. The Hall–Kier alpha value is -1.74. The summed E-state index contributed by atoms with van der Waals surface area (Å²) >= 11 is 0. The van der Waals surface area contributed by atoms with Gasteiger partial charge in [0.05, 0.1) is 0 Å². The fourth-order valence-corrected chi connectivity index (χ4v) is 2.79. The maximum atomic E-state index is 13.6. The first-order valence-electron chi connectivity index (χ1n) is 6.96. The zero-order valence-corrected chi connectivity index (χ0v) is 11.3. The van der Waals surface area contributed by atoms with Gasteiger partial charge in [-0.15, -0.1) is 0 Å². The highest BCUT2D eigenvalue weighted by molar-refractivity contribution is 5.29. The van der Waals surface area contributed by atoms with Crippen molar-refractivity contribution in [2.45, 2.75) is 19.4 Å². The normalized spacial score (nSPS) is 15.1. The van der Waals surface area contributed by atoms with Gasteiger partial charge in [0.2, 0.25) is 0 Å². The van der Waals surface area contributed by atoms with Crippen LogP contribution in [0.1, 0.15) is 16.7 Å². The first-order valence-corrected chi connectivity index (χ1v) is 6.96. The standard InChI is InChI=1S/C17H17F2N/c18-16-6-3-7-17(19)15(16)9-11-20-10-8-13-4-1-2-5-14(13)12-20/h1-7H,8-12H2. The predicted molar refractivity (Wildman–Crippen MR) is 75.5 cm³/mol. The van der Waals surface area contributed by atoms with E-state index in [-0.39, 0.29) is 5.56 Å². The SMILES string of the molecule is Fc1cccc(F)c1CCN1CCc2ccccc2C1. The van der Waals surface area contributed by atoms with E-state index in [1.54, 1.807) is 0 Å². The van der Waals surface area contributed by atoms with Gasteiger partial charge in [0.15, 0.2) is 0 Å². The monoisotopic (exact) mass is 273 g/mol. The third-order valence-corrected chi connectivity index (χ3v) is 3.95. The quantitative estimate of drug-likeness (QED) is 0.826. The van der Waals surface area contributed by atoms with Crippen LogP contribution < -0.4 is 0 Å². The van der Waals surface area contributed by atoms with Crippen LogP contribution in [0.3, 0.4) is 0 Å². The van der Waals surface area contributed by atoms with E-state index in [2.05, 4.69) is 23.1 Å². The van der Waals surface area contributed by atoms with Crippen molar-refractivity contribution < 1.29 is 8.78 Å². The third kappa shape index (κ3) is 2.73. The number of benzene rings is 2. The largest absolute Gasteiger partial charge is 0.298 e. The van der Waals surface area contributed by atoms with Gasteiger partial charge < -0.3 is 0 Å². The van der Waals surface area contributed by atoms with E-state index in [0.717, 1.165) is 19.5 Å². The van der Waals surface area contributed by atoms with Crippen molar-refractivity contribution in [3.05, 3.63) is 70.8 Å². The van der Waals surface area contributed by atoms with Crippen LogP contribution in [0.5, 0.6) is 0 Å². The van der Waals surface area contributed by atoms with Crippen molar-refractivity contribution in [2.75, 3.05) is 13.1 Å². The van der Waals surface area contributed by atoms with Crippen LogP contribution >= 0.6 is 0 Å². The molecule has 3 heteroatoms. The summed E-state index contributed by atoms with van der Waals surface area (Å²) in [6.45, 7) is 2.51. The molecule has 0 amide bonds. The molecule has 104 valence electrons. The summed E-state index contributed by atoms with van der Waals surface area (Å²) in [6, 6.07) is 12.4. The highest BCUT2D eigenvalue weighted by atomic mass is 19.1. The molecule has 1 heterocycles. The lowest BCUT2D eigenvalue weighted by molar-refractivity contribution is 0.255. The number of halogens is 2. The Morgan fingerprint density at radius 2 is 1.60 bits per heavy atom. The van der Waals surface area contributed by atoms with Gasteiger partial charge in [0, 0.05) is 25.2 Å². The zero-order valence-electron chi connectivity index (χ0n) is 11.3. The smallest absolute Gasteiger partial charge is 0.129 e. The maximum absolute atomic E-state index is 13.6. The molecule has 0 saturated heterocycles. The van der Waals surface area contributed by atoms with Crippen molar-refractivity contribution in [2.24, 2.45) is 0 Å². The molecule has 0 fully saturated rings. The molecule has 0 aromatic heterocycles. The van der Waals surface area contributed by atoms with E-state index in [1.807, 2.05) is 6.07 Å². The summed E-state index contributed by atoms with van der Waals surface area (Å²) < 4.78 is 27.2. The fraction of sp³-hybridized carbons (Fsp3) is 0.294. The van der Waals surface area contributed by atoms with Gasteiger partial charge in [-0.05, 0) is 36.1 Å². The topological polar surface area (TPSA) is 3.24 Å². The van der Waals surface area contributed by atoms with E-state index in [9.17, 15) is 8.78 Å². The van der Waals surface area contributed by atoms with Crippen LogP contribution in [0.25, 0.3) is 0 Å². The van der Waals surface area contributed by atoms with E-state index in [0.29, 0.717) is 13.0 Å². The Morgan fingerprint density at radius 3 is 2.35 bits per heavy atom. The Bertz CT molecular complexity index is 589. The minimum atomic E-state index is -0.442. The van der Waals surface area contributed by atoms with Crippen molar-refractivity contribution >= 4 is 0 Å². The Morgan fingerprint density at radius 1 is 0.900 bits per heavy atom. The van der Waals surface area contributed by atoms with Crippen LogP contribution in [-0.4, -0.2) is 18.0 Å². The maximum Gasteiger partial charge on any atom is 0.129 e. The van der Waals surface area contributed by atoms with Gasteiger partial charge in [-0.1, -0.05) is 30.3 Å². The molecule has 2 aromatic carbocycles. The average Bonchev–Trinajstić information content (AvgIpc) is 2.46.